The Morgan fingerprint density at radius 1 is 1.24 bits per heavy atom. The maximum atomic E-state index is 12.4. The monoisotopic (exact) mass is 337 g/mol. The van der Waals surface area contributed by atoms with Crippen molar-refractivity contribution in [3.8, 4) is 0 Å². The molecule has 3 aromatic rings. The summed E-state index contributed by atoms with van der Waals surface area (Å²) in [6, 6.07) is 7.45. The molecule has 25 heavy (non-hydrogen) atoms. The minimum atomic E-state index is -0.295. The quantitative estimate of drug-likeness (QED) is 0.745. The molecule has 128 valence electrons. The lowest BCUT2D eigenvalue weighted by atomic mass is 10.1. The first-order chi connectivity index (χ1) is 12.0. The number of benzene rings is 1. The maximum absolute atomic E-state index is 12.4. The van der Waals surface area contributed by atoms with E-state index in [2.05, 4.69) is 20.6 Å². The Morgan fingerprint density at radius 3 is 2.88 bits per heavy atom. The summed E-state index contributed by atoms with van der Waals surface area (Å²) in [5, 5.41) is 5.43. The second-order valence-corrected chi connectivity index (χ2v) is 5.75. The first kappa shape index (κ1) is 16.6. The van der Waals surface area contributed by atoms with Gasteiger partial charge in [0.25, 0.3) is 5.91 Å². The summed E-state index contributed by atoms with van der Waals surface area (Å²) in [7, 11) is 1.62. The van der Waals surface area contributed by atoms with Gasteiger partial charge in [0.1, 0.15) is 5.69 Å². The number of aryl methyl sites for hydroxylation is 2. The lowest BCUT2D eigenvalue weighted by Gasteiger charge is -2.07. The Kier molecular flexibility index (Phi) is 4.74. The molecule has 0 saturated heterocycles. The molecule has 2 N–H and O–H groups in total. The van der Waals surface area contributed by atoms with Crippen molar-refractivity contribution in [3.05, 3.63) is 59.8 Å². The topological polar surface area (TPSA) is 88.4 Å². The molecule has 3 rings (SSSR count). The van der Waals surface area contributed by atoms with Crippen molar-refractivity contribution in [3.63, 3.8) is 0 Å². The number of anilines is 1. The van der Waals surface area contributed by atoms with Crippen LogP contribution in [0.25, 0.3) is 5.65 Å². The zero-order chi connectivity index (χ0) is 17.8. The number of amides is 2. The van der Waals surface area contributed by atoms with E-state index in [0.29, 0.717) is 29.9 Å². The van der Waals surface area contributed by atoms with Gasteiger partial charge in [-0.1, -0.05) is 12.1 Å². The van der Waals surface area contributed by atoms with Crippen molar-refractivity contribution >= 4 is 23.1 Å². The van der Waals surface area contributed by atoms with Gasteiger partial charge in [-0.25, -0.2) is 9.97 Å². The third kappa shape index (κ3) is 4.00. The second kappa shape index (κ2) is 7.12. The maximum Gasteiger partial charge on any atom is 0.275 e. The highest BCUT2D eigenvalue weighted by atomic mass is 16.2. The molecule has 0 aliphatic rings. The van der Waals surface area contributed by atoms with E-state index < -0.39 is 0 Å². The lowest BCUT2D eigenvalue weighted by Crippen LogP contribution is -2.18. The van der Waals surface area contributed by atoms with Crippen molar-refractivity contribution in [2.24, 2.45) is 0 Å². The zero-order valence-corrected chi connectivity index (χ0v) is 14.1. The standard InChI is InChI=1S/C18H19N5O2/c1-12-10-23-11-15(20-9-16(23)21-12)18(25)22-14-5-3-4-13(8-14)6-7-17(24)19-2/h3-5,8-11H,6-7H2,1-2H3,(H,19,24)(H,22,25). The molecule has 2 heterocycles. The van der Waals surface area contributed by atoms with Crippen LogP contribution in [0.4, 0.5) is 5.69 Å². The van der Waals surface area contributed by atoms with E-state index >= 15 is 0 Å². The number of hydrogen-bond donors (Lipinski definition) is 2. The van der Waals surface area contributed by atoms with Crippen LogP contribution in [0.2, 0.25) is 0 Å². The third-order valence-electron chi connectivity index (χ3n) is 3.80. The van der Waals surface area contributed by atoms with Crippen molar-refractivity contribution in [1.82, 2.24) is 19.7 Å². The number of nitrogens with one attached hydrogen (secondary N) is 2. The molecule has 1 aromatic carbocycles. The summed E-state index contributed by atoms with van der Waals surface area (Å²) in [5.41, 5.74) is 3.52. The molecule has 0 aliphatic heterocycles. The van der Waals surface area contributed by atoms with Crippen LogP contribution in [0.15, 0.2) is 42.9 Å². The minimum Gasteiger partial charge on any atom is -0.359 e. The minimum absolute atomic E-state index is 0.0115. The van der Waals surface area contributed by atoms with Gasteiger partial charge >= 0.3 is 0 Å². The van der Waals surface area contributed by atoms with E-state index in [1.807, 2.05) is 31.3 Å². The molecule has 2 amide bonds. The number of fused-ring (bicyclic) bond motifs is 1. The number of nitrogens with zero attached hydrogens (tertiary/aromatic N) is 3. The van der Waals surface area contributed by atoms with Gasteiger partial charge in [0.05, 0.1) is 11.9 Å². The second-order valence-electron chi connectivity index (χ2n) is 5.75. The van der Waals surface area contributed by atoms with E-state index in [-0.39, 0.29) is 11.8 Å². The summed E-state index contributed by atoms with van der Waals surface area (Å²) < 4.78 is 1.77. The molecule has 0 atom stereocenters. The van der Waals surface area contributed by atoms with Crippen LogP contribution in [0.3, 0.4) is 0 Å². The number of carbonyl (C=O) groups is 2. The van der Waals surface area contributed by atoms with Crippen LogP contribution in [-0.2, 0) is 11.2 Å². The number of rotatable bonds is 5. The van der Waals surface area contributed by atoms with Crippen LogP contribution in [0.1, 0.15) is 28.2 Å². The number of imidazole rings is 1. The molecular weight excluding hydrogens is 318 g/mol. The largest absolute Gasteiger partial charge is 0.359 e. The lowest BCUT2D eigenvalue weighted by molar-refractivity contribution is -0.120. The third-order valence-corrected chi connectivity index (χ3v) is 3.80. The summed E-state index contributed by atoms with van der Waals surface area (Å²) in [6.45, 7) is 1.89. The molecule has 7 heteroatoms. The van der Waals surface area contributed by atoms with E-state index in [4.69, 9.17) is 0 Å². The van der Waals surface area contributed by atoms with E-state index in [9.17, 15) is 9.59 Å². The Bertz CT molecular complexity index is 932. The van der Waals surface area contributed by atoms with Gasteiger partial charge in [-0.05, 0) is 31.0 Å². The van der Waals surface area contributed by atoms with E-state index in [1.165, 1.54) is 0 Å². The number of hydrogen-bond acceptors (Lipinski definition) is 4. The van der Waals surface area contributed by atoms with Gasteiger partial charge < -0.3 is 15.0 Å². The fourth-order valence-electron chi connectivity index (χ4n) is 2.53. The van der Waals surface area contributed by atoms with Crippen molar-refractivity contribution < 1.29 is 9.59 Å². The van der Waals surface area contributed by atoms with Crippen LogP contribution in [-0.4, -0.2) is 33.2 Å². The Labute approximate surface area is 145 Å². The molecule has 0 saturated carbocycles. The highest BCUT2D eigenvalue weighted by Crippen LogP contribution is 2.14. The van der Waals surface area contributed by atoms with Crippen molar-refractivity contribution in [2.45, 2.75) is 19.8 Å². The molecular formula is C18H19N5O2. The summed E-state index contributed by atoms with van der Waals surface area (Å²) in [6.07, 6.45) is 6.09. The van der Waals surface area contributed by atoms with E-state index in [0.717, 1.165) is 11.3 Å². The Balaban J connectivity index is 1.72. The predicted octanol–water partition coefficient (Wildman–Crippen LogP) is 1.97. The van der Waals surface area contributed by atoms with Gasteiger partial charge in [0, 0.05) is 31.5 Å². The van der Waals surface area contributed by atoms with Gasteiger partial charge in [-0.3, -0.25) is 9.59 Å². The SMILES string of the molecule is CNC(=O)CCc1cccc(NC(=O)c2cn3cc(C)nc3cn2)c1. The summed E-state index contributed by atoms with van der Waals surface area (Å²) in [4.78, 5) is 32.2. The predicted molar refractivity (Wildman–Crippen MR) is 94.5 cm³/mol. The number of aromatic nitrogens is 3. The first-order valence-corrected chi connectivity index (χ1v) is 7.97. The molecule has 0 spiro atoms. The molecule has 7 nitrogen and oxygen atoms in total. The number of carbonyl (C=O) groups excluding carboxylic acids is 2. The highest BCUT2D eigenvalue weighted by molar-refractivity contribution is 6.02. The van der Waals surface area contributed by atoms with Crippen molar-refractivity contribution in [2.75, 3.05) is 12.4 Å². The fourth-order valence-corrected chi connectivity index (χ4v) is 2.53. The highest BCUT2D eigenvalue weighted by Gasteiger charge is 2.10. The van der Waals surface area contributed by atoms with Crippen LogP contribution in [0.5, 0.6) is 0 Å². The van der Waals surface area contributed by atoms with Crippen LogP contribution >= 0.6 is 0 Å². The zero-order valence-electron chi connectivity index (χ0n) is 14.1. The van der Waals surface area contributed by atoms with E-state index in [1.54, 1.807) is 29.9 Å². The Hall–Kier alpha value is -3.22. The fraction of sp³-hybridized carbons (Fsp3) is 0.222. The first-order valence-electron chi connectivity index (χ1n) is 7.97. The van der Waals surface area contributed by atoms with Gasteiger partial charge in [0.15, 0.2) is 5.65 Å². The van der Waals surface area contributed by atoms with Crippen LogP contribution in [0, 0.1) is 6.92 Å². The summed E-state index contributed by atoms with van der Waals surface area (Å²) in [5.74, 6) is -0.306. The molecule has 0 unspecified atom stereocenters. The molecule has 0 radical (unpaired) electrons. The molecule has 2 aromatic heterocycles. The van der Waals surface area contributed by atoms with Gasteiger partial charge in [-0.15, -0.1) is 0 Å². The molecule has 0 aliphatic carbocycles. The average Bonchev–Trinajstić information content (AvgIpc) is 2.99. The van der Waals surface area contributed by atoms with Crippen molar-refractivity contribution in [1.29, 1.82) is 0 Å². The van der Waals surface area contributed by atoms with Gasteiger partial charge in [-0.2, -0.15) is 0 Å². The normalized spacial score (nSPS) is 10.6. The van der Waals surface area contributed by atoms with Crippen LogP contribution < -0.4 is 10.6 Å². The average molecular weight is 337 g/mol. The smallest absolute Gasteiger partial charge is 0.275 e. The molecule has 0 fully saturated rings. The van der Waals surface area contributed by atoms with Gasteiger partial charge in [0.2, 0.25) is 5.91 Å². The molecule has 0 bridgehead atoms. The summed E-state index contributed by atoms with van der Waals surface area (Å²) >= 11 is 0. The Morgan fingerprint density at radius 2 is 2.08 bits per heavy atom.